The highest BCUT2D eigenvalue weighted by Gasteiger charge is 2.02. The zero-order valence-corrected chi connectivity index (χ0v) is 10.9. The van der Waals surface area contributed by atoms with Crippen LogP contribution in [0.15, 0.2) is 30.3 Å². The van der Waals surface area contributed by atoms with Crippen molar-refractivity contribution in [2.24, 2.45) is 0 Å². The van der Waals surface area contributed by atoms with Gasteiger partial charge in [-0.1, -0.05) is 44.4 Å². The molecule has 17 heavy (non-hydrogen) atoms. The van der Waals surface area contributed by atoms with Crippen molar-refractivity contribution in [3.63, 3.8) is 0 Å². The van der Waals surface area contributed by atoms with Gasteiger partial charge in [0, 0.05) is 11.1 Å². The summed E-state index contributed by atoms with van der Waals surface area (Å²) in [4.78, 5) is 4.77. The predicted octanol–water partition coefficient (Wildman–Crippen LogP) is 4.67. The van der Waals surface area contributed by atoms with Gasteiger partial charge in [0.1, 0.15) is 0 Å². The minimum absolute atomic E-state index is 1.12. The molecule has 0 fully saturated rings. The molecule has 0 N–H and O–H groups in total. The largest absolute Gasteiger partial charge is 0.253 e. The van der Waals surface area contributed by atoms with Gasteiger partial charge in [-0.2, -0.15) is 0 Å². The van der Waals surface area contributed by atoms with Crippen molar-refractivity contribution in [3.8, 4) is 0 Å². The van der Waals surface area contributed by atoms with Gasteiger partial charge in [-0.25, -0.2) is 0 Å². The Balaban J connectivity index is 2.14. The highest BCUT2D eigenvalue weighted by molar-refractivity contribution is 5.79. The highest BCUT2D eigenvalue weighted by Crippen LogP contribution is 2.17. The van der Waals surface area contributed by atoms with E-state index < -0.39 is 0 Å². The smallest absolute Gasteiger partial charge is 0.0705 e. The Morgan fingerprint density at radius 1 is 1.06 bits per heavy atom. The highest BCUT2D eigenvalue weighted by atomic mass is 14.7. The second-order valence-corrected chi connectivity index (χ2v) is 4.76. The lowest BCUT2D eigenvalue weighted by molar-refractivity contribution is 0.660. The summed E-state index contributed by atoms with van der Waals surface area (Å²) in [6.07, 6.45) is 6.35. The van der Waals surface area contributed by atoms with Gasteiger partial charge < -0.3 is 0 Å². The third-order valence-electron chi connectivity index (χ3n) is 3.29. The first-order valence-electron chi connectivity index (χ1n) is 6.66. The Kier molecular flexibility index (Phi) is 4.13. The molecular formula is C16H21N. The molecule has 1 nitrogen and oxygen atoms in total. The number of fused-ring (bicyclic) bond motifs is 1. The van der Waals surface area contributed by atoms with E-state index in [1.54, 1.807) is 0 Å². The van der Waals surface area contributed by atoms with E-state index in [0.29, 0.717) is 0 Å². The molecule has 0 aliphatic heterocycles. The molecule has 0 amide bonds. The van der Waals surface area contributed by atoms with E-state index in [9.17, 15) is 0 Å². The zero-order chi connectivity index (χ0) is 12.1. The molecule has 0 aliphatic carbocycles. The molecule has 0 radical (unpaired) electrons. The lowest BCUT2D eigenvalue weighted by atomic mass is 10.0. The number of unbranched alkanes of at least 4 members (excludes halogenated alkanes) is 3. The molecule has 1 heteroatoms. The van der Waals surface area contributed by atoms with Crippen LogP contribution in [-0.4, -0.2) is 4.98 Å². The van der Waals surface area contributed by atoms with E-state index in [1.807, 2.05) is 0 Å². The van der Waals surface area contributed by atoms with Crippen LogP contribution in [0.1, 0.15) is 43.9 Å². The van der Waals surface area contributed by atoms with Gasteiger partial charge in [-0.3, -0.25) is 4.98 Å². The summed E-state index contributed by atoms with van der Waals surface area (Å²) in [5, 5.41) is 1.25. The number of nitrogens with zero attached hydrogens (tertiary/aromatic N) is 1. The number of pyridine rings is 1. The third-order valence-corrected chi connectivity index (χ3v) is 3.29. The van der Waals surface area contributed by atoms with Crippen LogP contribution in [0, 0.1) is 6.92 Å². The number of para-hydroxylation sites is 1. The average Bonchev–Trinajstić information content (AvgIpc) is 2.35. The van der Waals surface area contributed by atoms with Crippen molar-refractivity contribution in [1.29, 1.82) is 0 Å². The third kappa shape index (κ3) is 3.06. The summed E-state index contributed by atoms with van der Waals surface area (Å²) < 4.78 is 0. The van der Waals surface area contributed by atoms with E-state index in [2.05, 4.69) is 44.2 Å². The van der Waals surface area contributed by atoms with Crippen LogP contribution < -0.4 is 0 Å². The van der Waals surface area contributed by atoms with Crippen molar-refractivity contribution < 1.29 is 0 Å². The Morgan fingerprint density at radius 2 is 1.88 bits per heavy atom. The van der Waals surface area contributed by atoms with Crippen molar-refractivity contribution in [2.75, 3.05) is 0 Å². The zero-order valence-electron chi connectivity index (χ0n) is 10.9. The SMILES string of the molecule is CCCCCCc1nc2ccccc2cc1C. The van der Waals surface area contributed by atoms with Gasteiger partial charge in [0.2, 0.25) is 0 Å². The fraction of sp³-hybridized carbons (Fsp3) is 0.438. The average molecular weight is 227 g/mol. The Morgan fingerprint density at radius 3 is 2.71 bits per heavy atom. The molecule has 1 aromatic carbocycles. The number of hydrogen-bond acceptors (Lipinski definition) is 1. The maximum Gasteiger partial charge on any atom is 0.0705 e. The van der Waals surface area contributed by atoms with Crippen LogP contribution in [0.2, 0.25) is 0 Å². The van der Waals surface area contributed by atoms with Gasteiger partial charge in [0.25, 0.3) is 0 Å². The normalized spacial score (nSPS) is 10.9. The number of benzene rings is 1. The van der Waals surface area contributed by atoms with Gasteiger partial charge >= 0.3 is 0 Å². The lowest BCUT2D eigenvalue weighted by Crippen LogP contribution is -1.95. The molecule has 2 rings (SSSR count). The molecule has 0 aliphatic rings. The van der Waals surface area contributed by atoms with Gasteiger partial charge in [-0.15, -0.1) is 0 Å². The maximum absolute atomic E-state index is 4.77. The number of aryl methyl sites for hydroxylation is 2. The Bertz CT molecular complexity index is 488. The number of hydrogen-bond donors (Lipinski definition) is 0. The molecular weight excluding hydrogens is 206 g/mol. The molecule has 0 bridgehead atoms. The number of aromatic nitrogens is 1. The van der Waals surface area contributed by atoms with E-state index in [4.69, 9.17) is 4.98 Å². The van der Waals surface area contributed by atoms with Crippen LogP contribution in [0.3, 0.4) is 0 Å². The first kappa shape index (κ1) is 12.1. The standard InChI is InChI=1S/C16H21N/c1-3-4-5-6-10-15-13(2)12-14-9-7-8-11-16(14)17-15/h7-9,11-12H,3-6,10H2,1-2H3. The van der Waals surface area contributed by atoms with Gasteiger partial charge in [-0.05, 0) is 37.5 Å². The van der Waals surface area contributed by atoms with Crippen LogP contribution in [0.4, 0.5) is 0 Å². The minimum atomic E-state index is 1.12. The van der Waals surface area contributed by atoms with E-state index in [-0.39, 0.29) is 0 Å². The molecule has 1 heterocycles. The van der Waals surface area contributed by atoms with Crippen molar-refractivity contribution in [1.82, 2.24) is 4.98 Å². The second kappa shape index (κ2) is 5.81. The summed E-state index contributed by atoms with van der Waals surface area (Å²) in [5.41, 5.74) is 3.74. The summed E-state index contributed by atoms with van der Waals surface area (Å²) in [6, 6.07) is 10.6. The minimum Gasteiger partial charge on any atom is -0.253 e. The van der Waals surface area contributed by atoms with Crippen molar-refractivity contribution >= 4 is 10.9 Å². The summed E-state index contributed by atoms with van der Waals surface area (Å²) >= 11 is 0. The Labute approximate surface area is 104 Å². The molecule has 0 atom stereocenters. The molecule has 0 saturated carbocycles. The summed E-state index contributed by atoms with van der Waals surface area (Å²) in [7, 11) is 0. The van der Waals surface area contributed by atoms with E-state index in [1.165, 1.54) is 42.3 Å². The topological polar surface area (TPSA) is 12.9 Å². The van der Waals surface area contributed by atoms with E-state index >= 15 is 0 Å². The fourth-order valence-electron chi connectivity index (χ4n) is 2.23. The Hall–Kier alpha value is -1.37. The molecule has 90 valence electrons. The lowest BCUT2D eigenvalue weighted by Gasteiger charge is -2.07. The van der Waals surface area contributed by atoms with Crippen molar-refractivity contribution in [2.45, 2.75) is 46.0 Å². The van der Waals surface area contributed by atoms with Gasteiger partial charge in [0.05, 0.1) is 5.52 Å². The second-order valence-electron chi connectivity index (χ2n) is 4.76. The molecule has 1 aromatic heterocycles. The molecule has 0 unspecified atom stereocenters. The summed E-state index contributed by atoms with van der Waals surface area (Å²) in [6.45, 7) is 4.42. The van der Waals surface area contributed by atoms with Crippen LogP contribution >= 0.6 is 0 Å². The van der Waals surface area contributed by atoms with Crippen LogP contribution in [0.5, 0.6) is 0 Å². The van der Waals surface area contributed by atoms with Crippen molar-refractivity contribution in [3.05, 3.63) is 41.6 Å². The molecule has 0 saturated heterocycles. The van der Waals surface area contributed by atoms with Crippen LogP contribution in [0.25, 0.3) is 10.9 Å². The number of rotatable bonds is 5. The predicted molar refractivity (Wildman–Crippen MR) is 74.3 cm³/mol. The summed E-state index contributed by atoms with van der Waals surface area (Å²) in [5.74, 6) is 0. The quantitative estimate of drug-likeness (QED) is 0.677. The maximum atomic E-state index is 4.77. The van der Waals surface area contributed by atoms with Crippen LogP contribution in [-0.2, 0) is 6.42 Å². The molecule has 2 aromatic rings. The first-order chi connectivity index (χ1) is 8.31. The fourth-order valence-corrected chi connectivity index (χ4v) is 2.23. The van der Waals surface area contributed by atoms with E-state index in [0.717, 1.165) is 11.9 Å². The van der Waals surface area contributed by atoms with Gasteiger partial charge in [0.15, 0.2) is 0 Å². The monoisotopic (exact) mass is 227 g/mol. The first-order valence-corrected chi connectivity index (χ1v) is 6.66. The molecule has 0 spiro atoms.